The summed E-state index contributed by atoms with van der Waals surface area (Å²) in [6.07, 6.45) is 2.62. The molecule has 1 saturated carbocycles. The Labute approximate surface area is 101 Å². The highest BCUT2D eigenvalue weighted by Gasteiger charge is 2.40. The first-order valence-corrected chi connectivity index (χ1v) is 6.17. The molecule has 1 aliphatic carbocycles. The summed E-state index contributed by atoms with van der Waals surface area (Å²) in [4.78, 5) is 22.9. The molecular weight excluding hydrogens is 222 g/mol. The molecule has 0 spiro atoms. The summed E-state index contributed by atoms with van der Waals surface area (Å²) in [5.74, 6) is -1.66. The van der Waals surface area contributed by atoms with E-state index in [1.165, 1.54) is 0 Å². The van der Waals surface area contributed by atoms with Gasteiger partial charge in [0.15, 0.2) is 0 Å². The number of hydrogen-bond acceptors (Lipinski definition) is 3. The summed E-state index contributed by atoms with van der Waals surface area (Å²) in [6, 6.07) is 0. The highest BCUT2D eigenvalue weighted by Crippen LogP contribution is 2.36. The fourth-order valence-corrected chi connectivity index (χ4v) is 2.43. The number of carboxylic acid groups (broad SMARTS) is 1. The molecule has 1 amide bonds. The van der Waals surface area contributed by atoms with E-state index in [-0.39, 0.29) is 12.5 Å². The third-order valence-electron chi connectivity index (χ3n) is 3.34. The van der Waals surface area contributed by atoms with Gasteiger partial charge in [0.1, 0.15) is 0 Å². The minimum absolute atomic E-state index is 0.119. The number of carboxylic acids is 1. The molecule has 3 unspecified atom stereocenters. The van der Waals surface area contributed by atoms with E-state index in [4.69, 9.17) is 10.2 Å². The van der Waals surface area contributed by atoms with Gasteiger partial charge < -0.3 is 15.5 Å². The molecule has 0 radical (unpaired) electrons. The van der Waals surface area contributed by atoms with Gasteiger partial charge >= 0.3 is 5.97 Å². The van der Waals surface area contributed by atoms with Crippen molar-refractivity contribution >= 4 is 11.9 Å². The molecule has 0 aromatic carbocycles. The number of rotatable bonds is 6. The molecule has 17 heavy (non-hydrogen) atoms. The molecule has 98 valence electrons. The first kappa shape index (κ1) is 14.0. The number of aliphatic hydroxyl groups excluding tert-OH is 1. The van der Waals surface area contributed by atoms with E-state index < -0.39 is 17.8 Å². The molecule has 0 aromatic rings. The summed E-state index contributed by atoms with van der Waals surface area (Å²) >= 11 is 0. The normalized spacial score (nSPS) is 28.0. The molecule has 3 atom stereocenters. The predicted octanol–water partition coefficient (Wildman–Crippen LogP) is 0.622. The van der Waals surface area contributed by atoms with Crippen LogP contribution in [0.1, 0.15) is 32.6 Å². The maximum absolute atomic E-state index is 11.8. The monoisotopic (exact) mass is 243 g/mol. The van der Waals surface area contributed by atoms with E-state index in [1.54, 1.807) is 0 Å². The van der Waals surface area contributed by atoms with Crippen molar-refractivity contribution in [2.75, 3.05) is 13.2 Å². The molecule has 0 aliphatic heterocycles. The van der Waals surface area contributed by atoms with Crippen molar-refractivity contribution in [3.05, 3.63) is 0 Å². The lowest BCUT2D eigenvalue weighted by Crippen LogP contribution is -2.35. The number of carbonyl (C=O) groups is 2. The van der Waals surface area contributed by atoms with E-state index in [2.05, 4.69) is 5.32 Å². The van der Waals surface area contributed by atoms with Gasteiger partial charge in [0.05, 0.1) is 11.8 Å². The molecule has 0 heterocycles. The molecule has 0 bridgehead atoms. The van der Waals surface area contributed by atoms with Gasteiger partial charge in [-0.1, -0.05) is 6.92 Å². The van der Waals surface area contributed by atoms with E-state index >= 15 is 0 Å². The lowest BCUT2D eigenvalue weighted by Gasteiger charge is -2.15. The maximum atomic E-state index is 11.8. The van der Waals surface area contributed by atoms with Crippen LogP contribution >= 0.6 is 0 Å². The van der Waals surface area contributed by atoms with Crippen molar-refractivity contribution in [1.82, 2.24) is 5.32 Å². The topological polar surface area (TPSA) is 86.6 Å². The van der Waals surface area contributed by atoms with Crippen LogP contribution in [0.25, 0.3) is 0 Å². The number of hydrogen-bond donors (Lipinski definition) is 3. The second kappa shape index (κ2) is 6.59. The Balaban J connectivity index is 2.41. The van der Waals surface area contributed by atoms with Crippen molar-refractivity contribution < 1.29 is 19.8 Å². The van der Waals surface area contributed by atoms with Crippen LogP contribution in [0.4, 0.5) is 0 Å². The third kappa shape index (κ3) is 4.00. The minimum Gasteiger partial charge on any atom is -0.481 e. The first-order chi connectivity index (χ1) is 8.06. The molecule has 3 N–H and O–H groups in total. The fourth-order valence-electron chi connectivity index (χ4n) is 2.43. The summed E-state index contributed by atoms with van der Waals surface area (Å²) in [6.45, 7) is 2.61. The largest absolute Gasteiger partial charge is 0.481 e. The molecule has 1 aliphatic rings. The Hall–Kier alpha value is -1.10. The zero-order chi connectivity index (χ0) is 12.8. The lowest BCUT2D eigenvalue weighted by molar-refractivity contribution is -0.146. The van der Waals surface area contributed by atoms with Gasteiger partial charge in [-0.2, -0.15) is 0 Å². The summed E-state index contributed by atoms with van der Waals surface area (Å²) in [5.41, 5.74) is 0. The number of nitrogens with one attached hydrogen (secondary N) is 1. The average Bonchev–Trinajstić information content (AvgIpc) is 2.66. The molecule has 5 heteroatoms. The van der Waals surface area contributed by atoms with E-state index in [1.807, 2.05) is 6.92 Å². The standard InChI is InChI=1S/C12H21NO4/c1-8-6-9(10(7-8)12(16)17)11(15)13-4-2-3-5-14/h8-10,14H,2-7H2,1H3,(H,13,15)(H,16,17). The Bertz CT molecular complexity index is 280. The van der Waals surface area contributed by atoms with Gasteiger partial charge in [-0.3, -0.25) is 9.59 Å². The quantitative estimate of drug-likeness (QED) is 0.597. The predicted molar refractivity (Wildman–Crippen MR) is 62.3 cm³/mol. The number of aliphatic hydroxyl groups is 1. The van der Waals surface area contributed by atoms with Gasteiger partial charge in [-0.25, -0.2) is 0 Å². The van der Waals surface area contributed by atoms with Gasteiger partial charge in [0, 0.05) is 13.2 Å². The maximum Gasteiger partial charge on any atom is 0.307 e. The summed E-state index contributed by atoms with van der Waals surface area (Å²) in [7, 11) is 0. The lowest BCUT2D eigenvalue weighted by atomic mass is 9.95. The van der Waals surface area contributed by atoms with Crippen LogP contribution in [0.15, 0.2) is 0 Å². The number of aliphatic carboxylic acids is 1. The molecule has 0 aromatic heterocycles. The highest BCUT2D eigenvalue weighted by molar-refractivity contribution is 5.85. The van der Waals surface area contributed by atoms with Gasteiger partial charge in [0.25, 0.3) is 0 Å². The fraction of sp³-hybridized carbons (Fsp3) is 0.833. The number of carbonyl (C=O) groups excluding carboxylic acids is 1. The van der Waals surface area contributed by atoms with Crippen LogP contribution < -0.4 is 5.32 Å². The van der Waals surface area contributed by atoms with Crippen LogP contribution in [0, 0.1) is 17.8 Å². The molecular formula is C12H21NO4. The Kier molecular flexibility index (Phi) is 5.41. The summed E-state index contributed by atoms with van der Waals surface area (Å²) in [5, 5.41) is 20.4. The number of amides is 1. The second-order valence-electron chi connectivity index (χ2n) is 4.85. The summed E-state index contributed by atoms with van der Waals surface area (Å²) < 4.78 is 0. The van der Waals surface area contributed by atoms with Crippen LogP contribution in [-0.4, -0.2) is 35.2 Å². The SMILES string of the molecule is CC1CC(C(=O)O)C(C(=O)NCCCCO)C1. The van der Waals surface area contributed by atoms with Crippen molar-refractivity contribution in [1.29, 1.82) is 0 Å². The highest BCUT2D eigenvalue weighted by atomic mass is 16.4. The first-order valence-electron chi connectivity index (χ1n) is 6.17. The molecule has 1 rings (SSSR count). The van der Waals surface area contributed by atoms with Crippen LogP contribution in [0.3, 0.4) is 0 Å². The Morgan fingerprint density at radius 2 is 1.88 bits per heavy atom. The van der Waals surface area contributed by atoms with Crippen LogP contribution in [0.5, 0.6) is 0 Å². The van der Waals surface area contributed by atoms with Crippen molar-refractivity contribution in [3.8, 4) is 0 Å². The van der Waals surface area contributed by atoms with Crippen LogP contribution in [0.2, 0.25) is 0 Å². The minimum atomic E-state index is -0.871. The van der Waals surface area contributed by atoms with Crippen LogP contribution in [-0.2, 0) is 9.59 Å². The average molecular weight is 243 g/mol. The Morgan fingerprint density at radius 3 is 2.47 bits per heavy atom. The molecule has 5 nitrogen and oxygen atoms in total. The second-order valence-corrected chi connectivity index (χ2v) is 4.85. The zero-order valence-electron chi connectivity index (χ0n) is 10.2. The van der Waals surface area contributed by atoms with Gasteiger partial charge in [-0.15, -0.1) is 0 Å². The van der Waals surface area contributed by atoms with E-state index in [0.717, 1.165) is 6.42 Å². The number of unbranched alkanes of at least 4 members (excludes halogenated alkanes) is 1. The van der Waals surface area contributed by atoms with Crippen molar-refractivity contribution in [2.45, 2.75) is 32.6 Å². The molecule has 0 saturated heterocycles. The van der Waals surface area contributed by atoms with Gasteiger partial charge in [-0.05, 0) is 31.6 Å². The zero-order valence-corrected chi connectivity index (χ0v) is 10.2. The van der Waals surface area contributed by atoms with E-state index in [9.17, 15) is 9.59 Å². The van der Waals surface area contributed by atoms with Crippen molar-refractivity contribution in [2.24, 2.45) is 17.8 Å². The van der Waals surface area contributed by atoms with Crippen molar-refractivity contribution in [3.63, 3.8) is 0 Å². The van der Waals surface area contributed by atoms with E-state index in [0.29, 0.717) is 31.7 Å². The smallest absolute Gasteiger partial charge is 0.307 e. The van der Waals surface area contributed by atoms with Gasteiger partial charge in [0.2, 0.25) is 5.91 Å². The molecule has 1 fully saturated rings. The third-order valence-corrected chi connectivity index (χ3v) is 3.34. The Morgan fingerprint density at radius 1 is 1.24 bits per heavy atom.